The zero-order chi connectivity index (χ0) is 29.2. The molecule has 2 aliphatic rings. The van der Waals surface area contributed by atoms with E-state index in [-0.39, 0.29) is 60.2 Å². The number of hydrogen-bond donors (Lipinski definition) is 2. The number of ketones is 1. The van der Waals surface area contributed by atoms with Crippen LogP contribution in [0.25, 0.3) is 0 Å². The quantitative estimate of drug-likeness (QED) is 0.294. The van der Waals surface area contributed by atoms with E-state index in [9.17, 15) is 9.59 Å². The molecular weight excluding hydrogens is 517 g/mol. The van der Waals surface area contributed by atoms with Crippen molar-refractivity contribution in [2.45, 2.75) is 58.4 Å². The molecule has 4 rings (SSSR count). The van der Waals surface area contributed by atoms with Crippen LogP contribution >= 0.6 is 0 Å². The number of carbonyl (C=O) groups is 2. The number of rotatable bonds is 11. The van der Waals surface area contributed by atoms with Crippen LogP contribution in [0.3, 0.4) is 0 Å². The zero-order valence-corrected chi connectivity index (χ0v) is 23.9. The second-order valence-electron chi connectivity index (χ2n) is 11.2. The summed E-state index contributed by atoms with van der Waals surface area (Å²) in [6, 6.07) is 5.33. The van der Waals surface area contributed by atoms with Gasteiger partial charge in [0.05, 0.1) is 38.6 Å². The van der Waals surface area contributed by atoms with E-state index in [0.29, 0.717) is 23.3 Å². The van der Waals surface area contributed by atoms with E-state index in [1.807, 2.05) is 32.9 Å². The molecular formula is C30H38FN3O6. The Kier molecular flexibility index (Phi) is 8.56. The molecule has 2 N–H and O–H groups in total. The molecule has 0 saturated carbocycles. The van der Waals surface area contributed by atoms with Crippen LogP contribution in [0.2, 0.25) is 0 Å². The average Bonchev–Trinajstić information content (AvgIpc) is 3.54. The maximum absolute atomic E-state index is 15.2. The first-order valence-electron chi connectivity index (χ1n) is 13.5. The minimum atomic E-state index is -0.869. The summed E-state index contributed by atoms with van der Waals surface area (Å²) >= 11 is 0. The van der Waals surface area contributed by atoms with Crippen LogP contribution in [0.15, 0.2) is 18.2 Å². The lowest BCUT2D eigenvalue weighted by molar-refractivity contribution is -0.137. The SMILES string of the molecule is COc1cc2c(c(F)c1OC)C(=N)N(CC(=O)c1cc(N3CCCC3)c(OCCCC(=O)O)c(C(C)(C)C)c1)C2. The van der Waals surface area contributed by atoms with Gasteiger partial charge in [-0.3, -0.25) is 15.0 Å². The fourth-order valence-corrected chi connectivity index (χ4v) is 5.30. The number of carboxylic acids is 1. The second-order valence-corrected chi connectivity index (χ2v) is 11.2. The molecule has 1 saturated heterocycles. The van der Waals surface area contributed by atoms with Crippen LogP contribution in [0.4, 0.5) is 10.1 Å². The van der Waals surface area contributed by atoms with Crippen LogP contribution in [-0.2, 0) is 16.8 Å². The average molecular weight is 556 g/mol. The van der Waals surface area contributed by atoms with Gasteiger partial charge in [-0.15, -0.1) is 0 Å². The van der Waals surface area contributed by atoms with E-state index in [1.165, 1.54) is 14.2 Å². The number of benzene rings is 2. The monoisotopic (exact) mass is 555 g/mol. The van der Waals surface area contributed by atoms with Gasteiger partial charge < -0.3 is 29.1 Å². The second kappa shape index (κ2) is 11.7. The summed E-state index contributed by atoms with van der Waals surface area (Å²) < 4.78 is 31.9. The van der Waals surface area contributed by atoms with Gasteiger partial charge in [0, 0.05) is 37.2 Å². The normalized spacial score (nSPS) is 14.9. The third-order valence-corrected chi connectivity index (χ3v) is 7.37. The Labute approximate surface area is 234 Å². The van der Waals surface area contributed by atoms with Crippen molar-refractivity contribution in [2.75, 3.05) is 45.4 Å². The molecule has 2 heterocycles. The van der Waals surface area contributed by atoms with Crippen molar-refractivity contribution in [2.24, 2.45) is 0 Å². The fraction of sp³-hybridized carbons (Fsp3) is 0.500. The maximum atomic E-state index is 15.2. The lowest BCUT2D eigenvalue weighted by atomic mass is 9.84. The number of ether oxygens (including phenoxy) is 3. The zero-order valence-electron chi connectivity index (χ0n) is 23.9. The number of nitrogens with one attached hydrogen (secondary N) is 1. The van der Waals surface area contributed by atoms with E-state index in [1.54, 1.807) is 11.0 Å². The summed E-state index contributed by atoms with van der Waals surface area (Å²) in [6.45, 7) is 8.17. The Bertz CT molecular complexity index is 1310. The predicted molar refractivity (Wildman–Crippen MR) is 150 cm³/mol. The highest BCUT2D eigenvalue weighted by Gasteiger charge is 2.34. The highest BCUT2D eigenvalue weighted by molar-refractivity contribution is 6.06. The standard InChI is InChI=1S/C30H38FN3O6/c1-30(2,3)20-13-18(14-21(33-10-6-7-11-33)27(20)40-12-8-9-24(36)37)22(35)17-34-16-19-15-23(38-4)28(39-5)26(31)25(19)29(34)32/h13-15,32H,6-12,16-17H2,1-5H3,(H,36,37). The van der Waals surface area contributed by atoms with E-state index in [0.717, 1.165) is 37.2 Å². The molecule has 2 aliphatic heterocycles. The van der Waals surface area contributed by atoms with E-state index in [2.05, 4.69) is 4.90 Å². The summed E-state index contributed by atoms with van der Waals surface area (Å²) in [4.78, 5) is 28.5. The highest BCUT2D eigenvalue weighted by atomic mass is 19.1. The maximum Gasteiger partial charge on any atom is 0.303 e. The van der Waals surface area contributed by atoms with Crippen molar-refractivity contribution in [3.63, 3.8) is 0 Å². The third kappa shape index (κ3) is 5.85. The number of halogens is 1. The minimum absolute atomic E-state index is 0.0169. The summed E-state index contributed by atoms with van der Waals surface area (Å²) in [5.74, 6) is -0.957. The number of Topliss-reactive ketones (excluding diaryl/α,β-unsaturated/α-hetero) is 1. The van der Waals surface area contributed by atoms with Crippen molar-refractivity contribution in [1.82, 2.24) is 4.90 Å². The molecule has 10 heteroatoms. The number of anilines is 1. The number of fused-ring (bicyclic) bond motifs is 1. The number of nitrogens with zero attached hydrogens (tertiary/aromatic N) is 2. The van der Waals surface area contributed by atoms with Crippen molar-refractivity contribution in [1.29, 1.82) is 5.41 Å². The number of hydrogen-bond acceptors (Lipinski definition) is 7. The third-order valence-electron chi connectivity index (χ3n) is 7.37. The van der Waals surface area contributed by atoms with Crippen LogP contribution in [0, 0.1) is 11.2 Å². The van der Waals surface area contributed by atoms with Crippen molar-refractivity contribution in [3.8, 4) is 17.2 Å². The van der Waals surface area contributed by atoms with Gasteiger partial charge in [-0.1, -0.05) is 20.8 Å². The number of carboxylic acid groups (broad SMARTS) is 1. The highest BCUT2D eigenvalue weighted by Crippen LogP contribution is 2.42. The lowest BCUT2D eigenvalue weighted by Crippen LogP contribution is -2.31. The minimum Gasteiger partial charge on any atom is -0.493 e. The fourth-order valence-electron chi connectivity index (χ4n) is 5.30. The van der Waals surface area contributed by atoms with Gasteiger partial charge in [-0.25, -0.2) is 4.39 Å². The predicted octanol–water partition coefficient (Wildman–Crippen LogP) is 5.01. The molecule has 9 nitrogen and oxygen atoms in total. The van der Waals surface area contributed by atoms with Gasteiger partial charge in [-0.05, 0) is 48.4 Å². The first kappa shape index (κ1) is 29.2. The number of aliphatic carboxylic acids is 1. The molecule has 2 aromatic rings. The van der Waals surface area contributed by atoms with Gasteiger partial charge in [0.15, 0.2) is 23.1 Å². The molecule has 0 amide bonds. The number of carbonyl (C=O) groups excluding carboxylic acids is 1. The Morgan fingerprint density at radius 2 is 1.77 bits per heavy atom. The number of methoxy groups -OCH3 is 2. The van der Waals surface area contributed by atoms with Crippen LogP contribution in [0.5, 0.6) is 17.2 Å². The van der Waals surface area contributed by atoms with Gasteiger partial charge in [-0.2, -0.15) is 0 Å². The molecule has 40 heavy (non-hydrogen) atoms. The van der Waals surface area contributed by atoms with E-state index >= 15 is 4.39 Å². The summed E-state index contributed by atoms with van der Waals surface area (Å²) in [7, 11) is 2.77. The van der Waals surface area contributed by atoms with E-state index < -0.39 is 11.8 Å². The largest absolute Gasteiger partial charge is 0.493 e. The smallest absolute Gasteiger partial charge is 0.303 e. The molecule has 216 valence electrons. The van der Waals surface area contributed by atoms with Crippen LogP contribution in [0.1, 0.15) is 73.5 Å². The topological polar surface area (TPSA) is 112 Å². The Balaban J connectivity index is 1.66. The van der Waals surface area contributed by atoms with Gasteiger partial charge in [0.25, 0.3) is 0 Å². The summed E-state index contributed by atoms with van der Waals surface area (Å²) in [6.07, 6.45) is 2.46. The Morgan fingerprint density at radius 1 is 1.07 bits per heavy atom. The molecule has 0 bridgehead atoms. The molecule has 0 atom stereocenters. The molecule has 0 radical (unpaired) electrons. The Hall–Kier alpha value is -3.82. The van der Waals surface area contributed by atoms with Crippen molar-refractivity contribution >= 4 is 23.3 Å². The van der Waals surface area contributed by atoms with Crippen molar-refractivity contribution in [3.05, 3.63) is 46.3 Å². The first-order chi connectivity index (χ1) is 19.0. The molecule has 1 fully saturated rings. The van der Waals surface area contributed by atoms with Crippen LogP contribution < -0.4 is 19.1 Å². The summed E-state index contributed by atoms with van der Waals surface area (Å²) in [5, 5.41) is 17.7. The van der Waals surface area contributed by atoms with Gasteiger partial charge >= 0.3 is 5.97 Å². The molecule has 2 aromatic carbocycles. The van der Waals surface area contributed by atoms with Gasteiger partial charge in [0.1, 0.15) is 11.6 Å². The molecule has 0 spiro atoms. The van der Waals surface area contributed by atoms with Gasteiger partial charge in [0.2, 0.25) is 0 Å². The van der Waals surface area contributed by atoms with Crippen LogP contribution in [-0.4, -0.2) is 68.1 Å². The molecule has 0 aliphatic carbocycles. The molecule has 0 aromatic heterocycles. The van der Waals surface area contributed by atoms with Crippen molar-refractivity contribution < 1.29 is 33.3 Å². The van der Waals surface area contributed by atoms with E-state index in [4.69, 9.17) is 24.7 Å². The first-order valence-corrected chi connectivity index (χ1v) is 13.5. The number of amidine groups is 1. The molecule has 0 unspecified atom stereocenters. The Morgan fingerprint density at radius 3 is 2.38 bits per heavy atom. The lowest BCUT2D eigenvalue weighted by Gasteiger charge is -2.30. The summed E-state index contributed by atoms with van der Waals surface area (Å²) in [5.41, 5.74) is 2.48.